The van der Waals surface area contributed by atoms with Crippen molar-refractivity contribution in [1.29, 1.82) is 0 Å². The van der Waals surface area contributed by atoms with E-state index in [4.69, 9.17) is 0 Å². The van der Waals surface area contributed by atoms with Crippen LogP contribution in [0, 0.1) is 5.92 Å². The highest BCUT2D eigenvalue weighted by molar-refractivity contribution is 5.91. The van der Waals surface area contributed by atoms with Gasteiger partial charge in [-0.2, -0.15) is 0 Å². The summed E-state index contributed by atoms with van der Waals surface area (Å²) in [6, 6.07) is 10.8. The third kappa shape index (κ3) is 2.19. The van der Waals surface area contributed by atoms with Crippen molar-refractivity contribution in [3.63, 3.8) is 0 Å². The second-order valence-corrected chi connectivity index (χ2v) is 5.30. The summed E-state index contributed by atoms with van der Waals surface area (Å²) in [5, 5.41) is 0. The Kier molecular flexibility index (Phi) is 2.84. The van der Waals surface area contributed by atoms with Crippen LogP contribution in [0.2, 0.25) is 0 Å². The topological polar surface area (TPSA) is 17.1 Å². The lowest BCUT2D eigenvalue weighted by Gasteiger charge is -2.33. The average molecular weight is 226 g/mol. The maximum Gasteiger partial charge on any atom is 0.155 e. The Morgan fingerprint density at radius 3 is 2.53 bits per heavy atom. The number of carbonyl (C=O) groups is 1. The van der Waals surface area contributed by atoms with E-state index < -0.39 is 0 Å². The molecule has 3 rings (SSSR count). The predicted molar refractivity (Wildman–Crippen MR) is 68.8 cm³/mol. The molecule has 0 radical (unpaired) electrons. The first-order valence-corrected chi connectivity index (χ1v) is 6.61. The van der Waals surface area contributed by atoms with Crippen molar-refractivity contribution in [3.05, 3.63) is 47.5 Å². The van der Waals surface area contributed by atoms with E-state index in [0.29, 0.717) is 17.6 Å². The minimum absolute atomic E-state index is 0.342. The molecule has 88 valence electrons. The quantitative estimate of drug-likeness (QED) is 0.710. The predicted octanol–water partition coefficient (Wildman–Crippen LogP) is 3.86. The van der Waals surface area contributed by atoms with Gasteiger partial charge >= 0.3 is 0 Å². The van der Waals surface area contributed by atoms with Gasteiger partial charge in [0.2, 0.25) is 0 Å². The Balaban J connectivity index is 1.77. The minimum Gasteiger partial charge on any atom is -0.295 e. The van der Waals surface area contributed by atoms with E-state index >= 15 is 0 Å². The molecule has 0 unspecified atom stereocenters. The van der Waals surface area contributed by atoms with Gasteiger partial charge in [-0.25, -0.2) is 0 Å². The highest BCUT2D eigenvalue weighted by Gasteiger charge is 2.29. The highest BCUT2D eigenvalue weighted by Crippen LogP contribution is 2.42. The number of rotatable bonds is 1. The molecule has 1 aromatic rings. The lowest BCUT2D eigenvalue weighted by atomic mass is 9.71. The number of allylic oxidation sites excluding steroid dienone is 2. The van der Waals surface area contributed by atoms with Gasteiger partial charge < -0.3 is 0 Å². The molecule has 1 heteroatoms. The first-order chi connectivity index (χ1) is 8.33. The van der Waals surface area contributed by atoms with Crippen LogP contribution in [0.3, 0.4) is 0 Å². The second-order valence-electron chi connectivity index (χ2n) is 5.30. The summed E-state index contributed by atoms with van der Waals surface area (Å²) in [6.45, 7) is 0. The summed E-state index contributed by atoms with van der Waals surface area (Å²) in [5.74, 6) is 1.72. The van der Waals surface area contributed by atoms with E-state index in [0.717, 1.165) is 19.3 Å². The van der Waals surface area contributed by atoms with E-state index in [1.54, 1.807) is 0 Å². The van der Waals surface area contributed by atoms with Crippen molar-refractivity contribution < 1.29 is 4.79 Å². The van der Waals surface area contributed by atoms with Gasteiger partial charge in [0.05, 0.1) is 0 Å². The molecular weight excluding hydrogens is 208 g/mol. The molecule has 0 heterocycles. The third-order valence-corrected chi connectivity index (χ3v) is 4.23. The van der Waals surface area contributed by atoms with Crippen LogP contribution in [-0.2, 0) is 4.79 Å². The van der Waals surface area contributed by atoms with Gasteiger partial charge in [-0.3, -0.25) is 4.79 Å². The van der Waals surface area contributed by atoms with Crippen LogP contribution in [0.1, 0.15) is 43.6 Å². The van der Waals surface area contributed by atoms with Crippen LogP contribution in [0.15, 0.2) is 42.0 Å². The summed E-state index contributed by atoms with van der Waals surface area (Å²) < 4.78 is 0. The van der Waals surface area contributed by atoms with Crippen molar-refractivity contribution in [1.82, 2.24) is 0 Å². The van der Waals surface area contributed by atoms with E-state index in [-0.39, 0.29) is 0 Å². The fraction of sp³-hybridized carbons (Fsp3) is 0.438. The van der Waals surface area contributed by atoms with E-state index in [1.807, 2.05) is 6.08 Å². The average Bonchev–Trinajstić information content (AvgIpc) is 2.39. The van der Waals surface area contributed by atoms with E-state index in [1.165, 1.54) is 24.0 Å². The molecule has 0 aromatic heterocycles. The van der Waals surface area contributed by atoms with Gasteiger partial charge in [-0.05, 0) is 49.2 Å². The number of carbonyl (C=O) groups excluding carboxylic acids is 1. The molecule has 0 amide bonds. The lowest BCUT2D eigenvalue weighted by molar-refractivity contribution is -0.115. The summed E-state index contributed by atoms with van der Waals surface area (Å²) >= 11 is 0. The Labute approximate surface area is 103 Å². The molecule has 17 heavy (non-hydrogen) atoms. The molecule has 1 fully saturated rings. The number of benzene rings is 1. The second kappa shape index (κ2) is 4.48. The largest absolute Gasteiger partial charge is 0.295 e. The molecule has 0 N–H and O–H groups in total. The smallest absolute Gasteiger partial charge is 0.155 e. The Morgan fingerprint density at radius 1 is 0.941 bits per heavy atom. The van der Waals surface area contributed by atoms with Gasteiger partial charge in [0, 0.05) is 6.42 Å². The first kappa shape index (κ1) is 10.8. The molecule has 2 aliphatic carbocycles. The van der Waals surface area contributed by atoms with Crippen LogP contribution in [-0.4, -0.2) is 5.78 Å². The minimum atomic E-state index is 0.342. The summed E-state index contributed by atoms with van der Waals surface area (Å²) in [6.07, 6.45) is 7.33. The molecule has 1 saturated carbocycles. The van der Waals surface area contributed by atoms with Crippen molar-refractivity contribution in [3.8, 4) is 0 Å². The van der Waals surface area contributed by atoms with E-state index in [2.05, 4.69) is 30.3 Å². The fourth-order valence-corrected chi connectivity index (χ4v) is 3.27. The molecule has 0 aliphatic heterocycles. The normalized spacial score (nSPS) is 28.5. The molecular formula is C16H18O. The SMILES string of the molecule is O=C1C=C2CC[C@@H](c3ccccc3)C[C@H]2CC1. The van der Waals surface area contributed by atoms with Gasteiger partial charge in [-0.15, -0.1) is 0 Å². The van der Waals surface area contributed by atoms with Gasteiger partial charge in [0.25, 0.3) is 0 Å². The maximum absolute atomic E-state index is 11.4. The fourth-order valence-electron chi connectivity index (χ4n) is 3.27. The number of hydrogen-bond donors (Lipinski definition) is 0. The number of hydrogen-bond acceptors (Lipinski definition) is 1. The van der Waals surface area contributed by atoms with Crippen molar-refractivity contribution in [2.24, 2.45) is 5.92 Å². The van der Waals surface area contributed by atoms with Crippen molar-refractivity contribution >= 4 is 5.78 Å². The maximum atomic E-state index is 11.4. The van der Waals surface area contributed by atoms with Gasteiger partial charge in [0.1, 0.15) is 0 Å². The van der Waals surface area contributed by atoms with Gasteiger partial charge in [-0.1, -0.05) is 35.9 Å². The Hall–Kier alpha value is -1.37. The zero-order valence-corrected chi connectivity index (χ0v) is 10.1. The number of fused-ring (bicyclic) bond motifs is 1. The van der Waals surface area contributed by atoms with Crippen LogP contribution in [0.5, 0.6) is 0 Å². The van der Waals surface area contributed by atoms with Crippen LogP contribution in [0.4, 0.5) is 0 Å². The molecule has 0 saturated heterocycles. The standard InChI is InChI=1S/C16H18O/c17-16-9-8-14-10-13(6-7-15(14)11-16)12-4-2-1-3-5-12/h1-5,11,13-14H,6-10H2/t13-,14-/m1/s1. The summed E-state index contributed by atoms with van der Waals surface area (Å²) in [5.41, 5.74) is 2.90. The molecule has 2 atom stereocenters. The van der Waals surface area contributed by atoms with Crippen LogP contribution < -0.4 is 0 Å². The summed E-state index contributed by atoms with van der Waals surface area (Å²) in [7, 11) is 0. The first-order valence-electron chi connectivity index (χ1n) is 6.61. The molecule has 1 nitrogen and oxygen atoms in total. The molecule has 1 aromatic carbocycles. The third-order valence-electron chi connectivity index (χ3n) is 4.23. The van der Waals surface area contributed by atoms with Crippen LogP contribution in [0.25, 0.3) is 0 Å². The van der Waals surface area contributed by atoms with Crippen LogP contribution >= 0.6 is 0 Å². The zero-order chi connectivity index (χ0) is 11.7. The number of ketones is 1. The van der Waals surface area contributed by atoms with Crippen molar-refractivity contribution in [2.45, 2.75) is 38.0 Å². The Morgan fingerprint density at radius 2 is 1.71 bits per heavy atom. The highest BCUT2D eigenvalue weighted by atomic mass is 16.1. The molecule has 0 spiro atoms. The van der Waals surface area contributed by atoms with E-state index in [9.17, 15) is 4.79 Å². The monoisotopic (exact) mass is 226 g/mol. The molecule has 2 aliphatic rings. The summed E-state index contributed by atoms with van der Waals surface area (Å²) in [4.78, 5) is 11.4. The molecule has 0 bridgehead atoms. The zero-order valence-electron chi connectivity index (χ0n) is 10.1. The lowest BCUT2D eigenvalue weighted by Crippen LogP contribution is -2.21. The Bertz CT molecular complexity index is 444. The van der Waals surface area contributed by atoms with Crippen molar-refractivity contribution in [2.75, 3.05) is 0 Å². The van der Waals surface area contributed by atoms with Gasteiger partial charge in [0.15, 0.2) is 5.78 Å².